The number of benzene rings is 1. The Hall–Kier alpha value is -0.740. The first-order valence-corrected chi connectivity index (χ1v) is 7.21. The molecular formula is C13H19FN2S. The molecule has 1 aromatic rings. The van der Waals surface area contributed by atoms with Gasteiger partial charge in [-0.15, -0.1) is 0 Å². The molecule has 1 fully saturated rings. The van der Waals surface area contributed by atoms with Crippen LogP contribution in [0.3, 0.4) is 0 Å². The number of rotatable bonds is 2. The van der Waals surface area contributed by atoms with E-state index in [1.165, 1.54) is 5.75 Å². The highest BCUT2D eigenvalue weighted by atomic mass is 32.2. The molecule has 2 nitrogen and oxygen atoms in total. The molecule has 0 spiro atoms. The summed E-state index contributed by atoms with van der Waals surface area (Å²) in [6.07, 6.45) is 1.12. The Morgan fingerprint density at radius 3 is 2.88 bits per heavy atom. The van der Waals surface area contributed by atoms with Gasteiger partial charge in [0.15, 0.2) is 0 Å². The zero-order valence-electron chi connectivity index (χ0n) is 10.2. The van der Waals surface area contributed by atoms with E-state index in [1.54, 1.807) is 6.07 Å². The minimum Gasteiger partial charge on any atom is -0.368 e. The van der Waals surface area contributed by atoms with Crippen LogP contribution in [0.25, 0.3) is 0 Å². The molecule has 0 bridgehead atoms. The number of nitrogens with two attached hydrogens (primary N) is 1. The molecule has 1 saturated heterocycles. The molecule has 17 heavy (non-hydrogen) atoms. The van der Waals surface area contributed by atoms with Crippen molar-refractivity contribution in [1.82, 2.24) is 0 Å². The van der Waals surface area contributed by atoms with E-state index in [-0.39, 0.29) is 11.9 Å². The minimum atomic E-state index is -0.147. The second kappa shape index (κ2) is 5.74. The molecule has 1 atom stereocenters. The van der Waals surface area contributed by atoms with E-state index in [2.05, 4.69) is 4.90 Å². The van der Waals surface area contributed by atoms with E-state index in [9.17, 15) is 4.39 Å². The lowest BCUT2D eigenvalue weighted by molar-refractivity contribution is 0.613. The average molecular weight is 254 g/mol. The van der Waals surface area contributed by atoms with Crippen LogP contribution in [-0.2, 0) is 0 Å². The molecule has 0 radical (unpaired) electrons. The third kappa shape index (κ3) is 3.13. The van der Waals surface area contributed by atoms with Crippen molar-refractivity contribution in [3.05, 3.63) is 29.6 Å². The number of anilines is 1. The highest BCUT2D eigenvalue weighted by molar-refractivity contribution is 7.99. The Kier molecular flexibility index (Phi) is 4.29. The van der Waals surface area contributed by atoms with Gasteiger partial charge in [0.1, 0.15) is 5.82 Å². The molecule has 0 aromatic heterocycles. The summed E-state index contributed by atoms with van der Waals surface area (Å²) in [7, 11) is 0. The first-order chi connectivity index (χ1) is 8.18. The molecule has 0 saturated carbocycles. The number of hydrogen-bond acceptors (Lipinski definition) is 3. The molecule has 1 unspecified atom stereocenters. The van der Waals surface area contributed by atoms with Crippen LogP contribution in [-0.4, -0.2) is 24.6 Å². The van der Waals surface area contributed by atoms with Gasteiger partial charge >= 0.3 is 0 Å². The van der Waals surface area contributed by atoms with E-state index >= 15 is 0 Å². The summed E-state index contributed by atoms with van der Waals surface area (Å²) in [5.74, 6) is 2.11. The van der Waals surface area contributed by atoms with Gasteiger partial charge in [-0.2, -0.15) is 11.8 Å². The fourth-order valence-electron chi connectivity index (χ4n) is 2.05. The summed E-state index contributed by atoms with van der Waals surface area (Å²) >= 11 is 1.94. The fourth-order valence-corrected chi connectivity index (χ4v) is 2.94. The molecule has 2 N–H and O–H groups in total. The Bertz CT molecular complexity index is 374. The summed E-state index contributed by atoms with van der Waals surface area (Å²) in [5.41, 5.74) is 7.33. The van der Waals surface area contributed by atoms with Crippen molar-refractivity contribution in [2.24, 2.45) is 5.73 Å². The maximum absolute atomic E-state index is 14.0. The van der Waals surface area contributed by atoms with Gasteiger partial charge in [-0.3, -0.25) is 0 Å². The lowest BCUT2D eigenvalue weighted by Gasteiger charge is -2.23. The first kappa shape index (κ1) is 12.7. The zero-order chi connectivity index (χ0) is 12.3. The zero-order valence-corrected chi connectivity index (χ0v) is 11.0. The van der Waals surface area contributed by atoms with E-state index in [1.807, 2.05) is 30.8 Å². The van der Waals surface area contributed by atoms with Gasteiger partial charge in [0.05, 0.1) is 5.69 Å². The first-order valence-electron chi connectivity index (χ1n) is 6.06. The van der Waals surface area contributed by atoms with E-state index in [0.29, 0.717) is 0 Å². The number of hydrogen-bond donors (Lipinski definition) is 1. The van der Waals surface area contributed by atoms with Gasteiger partial charge in [0, 0.05) is 24.9 Å². The minimum absolute atomic E-state index is 0.113. The van der Waals surface area contributed by atoms with Crippen LogP contribution in [0.5, 0.6) is 0 Å². The summed E-state index contributed by atoms with van der Waals surface area (Å²) in [4.78, 5) is 2.14. The van der Waals surface area contributed by atoms with Crippen LogP contribution in [0.2, 0.25) is 0 Å². The lowest BCUT2D eigenvalue weighted by atomic mass is 10.1. The standard InChI is InChI=1S/C13H19FN2S/c1-10(15)11-3-4-13(12(14)9-11)16-5-2-7-17-8-6-16/h3-4,9-10H,2,5-8,15H2,1H3. The molecule has 4 heteroatoms. The van der Waals surface area contributed by atoms with Crippen molar-refractivity contribution in [2.75, 3.05) is 29.5 Å². The van der Waals surface area contributed by atoms with Crippen LogP contribution in [0.1, 0.15) is 24.9 Å². The Labute approximate surface area is 106 Å². The van der Waals surface area contributed by atoms with Crippen LogP contribution < -0.4 is 10.6 Å². The number of nitrogens with zero attached hydrogens (tertiary/aromatic N) is 1. The van der Waals surface area contributed by atoms with Crippen molar-refractivity contribution in [1.29, 1.82) is 0 Å². The monoisotopic (exact) mass is 254 g/mol. The molecule has 1 aliphatic heterocycles. The lowest BCUT2D eigenvalue weighted by Crippen LogP contribution is -2.26. The molecule has 1 aliphatic rings. The molecule has 1 aromatic carbocycles. The van der Waals surface area contributed by atoms with E-state index in [4.69, 9.17) is 5.73 Å². The van der Waals surface area contributed by atoms with Crippen LogP contribution >= 0.6 is 11.8 Å². The fraction of sp³-hybridized carbons (Fsp3) is 0.538. The second-order valence-electron chi connectivity index (χ2n) is 4.45. The molecule has 1 heterocycles. The van der Waals surface area contributed by atoms with E-state index in [0.717, 1.165) is 36.5 Å². The summed E-state index contributed by atoms with van der Waals surface area (Å²) in [6.45, 7) is 3.75. The summed E-state index contributed by atoms with van der Waals surface area (Å²) in [6, 6.07) is 5.25. The molecular weight excluding hydrogens is 235 g/mol. The topological polar surface area (TPSA) is 29.3 Å². The number of thioether (sulfide) groups is 1. The van der Waals surface area contributed by atoms with Gasteiger partial charge in [-0.25, -0.2) is 4.39 Å². The molecule has 94 valence electrons. The Balaban J connectivity index is 2.19. The molecule has 0 amide bonds. The normalized spacial score (nSPS) is 18.9. The quantitative estimate of drug-likeness (QED) is 0.880. The number of halogens is 1. The Morgan fingerprint density at radius 2 is 2.18 bits per heavy atom. The van der Waals surface area contributed by atoms with Crippen LogP contribution in [0, 0.1) is 5.82 Å². The van der Waals surface area contributed by atoms with Gasteiger partial charge in [0.2, 0.25) is 0 Å². The SMILES string of the molecule is CC(N)c1ccc(N2CCCSCC2)c(F)c1. The van der Waals surface area contributed by atoms with Crippen molar-refractivity contribution in [2.45, 2.75) is 19.4 Å². The maximum atomic E-state index is 14.0. The average Bonchev–Trinajstić information content (AvgIpc) is 2.57. The highest BCUT2D eigenvalue weighted by Crippen LogP contribution is 2.24. The van der Waals surface area contributed by atoms with Gasteiger partial charge in [-0.05, 0) is 36.8 Å². The van der Waals surface area contributed by atoms with Crippen molar-refractivity contribution in [3.63, 3.8) is 0 Å². The second-order valence-corrected chi connectivity index (χ2v) is 5.68. The summed E-state index contributed by atoms with van der Waals surface area (Å²) in [5, 5.41) is 0. The van der Waals surface area contributed by atoms with Gasteiger partial charge < -0.3 is 10.6 Å². The van der Waals surface area contributed by atoms with Gasteiger partial charge in [0.25, 0.3) is 0 Å². The van der Waals surface area contributed by atoms with E-state index < -0.39 is 0 Å². The van der Waals surface area contributed by atoms with Gasteiger partial charge in [-0.1, -0.05) is 6.07 Å². The molecule has 0 aliphatic carbocycles. The smallest absolute Gasteiger partial charge is 0.146 e. The molecule has 2 rings (SSSR count). The maximum Gasteiger partial charge on any atom is 0.146 e. The highest BCUT2D eigenvalue weighted by Gasteiger charge is 2.14. The third-order valence-corrected chi connectivity index (χ3v) is 4.11. The Morgan fingerprint density at radius 1 is 1.35 bits per heavy atom. The van der Waals surface area contributed by atoms with Crippen molar-refractivity contribution in [3.8, 4) is 0 Å². The summed E-state index contributed by atoms with van der Waals surface area (Å²) < 4.78 is 14.0. The van der Waals surface area contributed by atoms with Crippen LogP contribution in [0.15, 0.2) is 18.2 Å². The third-order valence-electron chi connectivity index (χ3n) is 3.06. The predicted octanol–water partition coefficient (Wildman–Crippen LogP) is 2.79. The van der Waals surface area contributed by atoms with Crippen LogP contribution in [0.4, 0.5) is 10.1 Å². The van der Waals surface area contributed by atoms with Crippen molar-refractivity contribution < 1.29 is 4.39 Å². The predicted molar refractivity (Wildman–Crippen MR) is 73.2 cm³/mol. The van der Waals surface area contributed by atoms with Crippen molar-refractivity contribution >= 4 is 17.4 Å². The largest absolute Gasteiger partial charge is 0.368 e.